The molecule has 2 heterocycles. The van der Waals surface area contributed by atoms with Gasteiger partial charge in [-0.25, -0.2) is 0 Å². The fourth-order valence-electron chi connectivity index (χ4n) is 4.54. The Balaban J connectivity index is 1.51. The van der Waals surface area contributed by atoms with E-state index in [4.69, 9.17) is 9.47 Å². The van der Waals surface area contributed by atoms with E-state index in [0.29, 0.717) is 13.1 Å². The molecule has 1 unspecified atom stereocenters. The Morgan fingerprint density at radius 2 is 1.77 bits per heavy atom. The van der Waals surface area contributed by atoms with Crippen molar-refractivity contribution in [1.82, 2.24) is 4.90 Å². The molecule has 31 heavy (non-hydrogen) atoms. The van der Waals surface area contributed by atoms with Gasteiger partial charge in [-0.05, 0) is 55.5 Å². The number of likely N-dealkylation sites (tertiary alicyclic amines) is 1. The summed E-state index contributed by atoms with van der Waals surface area (Å²) in [5, 5.41) is 0. The van der Waals surface area contributed by atoms with E-state index in [1.807, 2.05) is 41.3 Å². The summed E-state index contributed by atoms with van der Waals surface area (Å²) in [5.74, 6) is 1.14. The molecule has 0 aromatic heterocycles. The predicted molar refractivity (Wildman–Crippen MR) is 119 cm³/mol. The fourth-order valence-corrected chi connectivity index (χ4v) is 4.54. The van der Waals surface area contributed by atoms with Crippen LogP contribution in [-0.4, -0.2) is 44.0 Å². The molecule has 0 aliphatic carbocycles. The third-order valence-corrected chi connectivity index (χ3v) is 6.08. The van der Waals surface area contributed by atoms with Crippen LogP contribution in [0.5, 0.6) is 11.5 Å². The molecule has 4 rings (SSSR count). The zero-order valence-corrected chi connectivity index (χ0v) is 18.0. The minimum absolute atomic E-state index is 0.104. The summed E-state index contributed by atoms with van der Waals surface area (Å²) in [5.41, 5.74) is 3.04. The van der Waals surface area contributed by atoms with Gasteiger partial charge < -0.3 is 19.3 Å². The first-order valence-corrected chi connectivity index (χ1v) is 10.7. The standard InChI is InChI=1S/C25H28N2O4/c1-30-19-11-12-23(31-2)20(17-19)22-10-6-16-27(22)25(29)14-13-24(28)26-15-5-8-18-7-3-4-9-21(18)26/h3-4,7,9,11-14,17,22H,5-6,8,10,15-16H2,1-2H3/b14-13+. The van der Waals surface area contributed by atoms with Crippen molar-refractivity contribution in [2.45, 2.75) is 31.7 Å². The minimum atomic E-state index is -0.161. The number of anilines is 1. The van der Waals surface area contributed by atoms with Crippen molar-refractivity contribution in [3.63, 3.8) is 0 Å². The number of para-hydroxylation sites is 1. The molecule has 2 aliphatic heterocycles. The van der Waals surface area contributed by atoms with Gasteiger partial charge in [0.15, 0.2) is 0 Å². The third kappa shape index (κ3) is 4.29. The van der Waals surface area contributed by atoms with Crippen molar-refractivity contribution in [1.29, 1.82) is 0 Å². The smallest absolute Gasteiger partial charge is 0.251 e. The minimum Gasteiger partial charge on any atom is -0.497 e. The Morgan fingerprint density at radius 1 is 0.968 bits per heavy atom. The number of carbonyl (C=O) groups excluding carboxylic acids is 2. The van der Waals surface area contributed by atoms with E-state index in [0.717, 1.165) is 48.4 Å². The van der Waals surface area contributed by atoms with Gasteiger partial charge >= 0.3 is 0 Å². The SMILES string of the molecule is COc1ccc(OC)c(C2CCCN2C(=O)/C=C/C(=O)N2CCCc3ccccc32)c1. The maximum absolute atomic E-state index is 13.0. The number of hydrogen-bond acceptors (Lipinski definition) is 4. The van der Waals surface area contributed by atoms with Crippen LogP contribution in [0.25, 0.3) is 0 Å². The van der Waals surface area contributed by atoms with Crippen molar-refractivity contribution in [2.24, 2.45) is 0 Å². The molecule has 2 aliphatic rings. The van der Waals surface area contributed by atoms with Gasteiger partial charge in [-0.2, -0.15) is 0 Å². The van der Waals surface area contributed by atoms with Crippen molar-refractivity contribution in [3.05, 3.63) is 65.7 Å². The first-order chi connectivity index (χ1) is 15.1. The molecule has 2 amide bonds. The van der Waals surface area contributed by atoms with Crippen molar-refractivity contribution < 1.29 is 19.1 Å². The second-order valence-electron chi connectivity index (χ2n) is 7.85. The molecule has 2 aromatic rings. The van der Waals surface area contributed by atoms with Crippen molar-refractivity contribution in [2.75, 3.05) is 32.2 Å². The fraction of sp³-hybridized carbons (Fsp3) is 0.360. The summed E-state index contributed by atoms with van der Waals surface area (Å²) in [6.07, 6.45) is 6.45. The Bertz CT molecular complexity index is 1000. The van der Waals surface area contributed by atoms with E-state index in [9.17, 15) is 9.59 Å². The molecule has 1 atom stereocenters. The lowest BCUT2D eigenvalue weighted by molar-refractivity contribution is -0.127. The molecule has 0 bridgehead atoms. The lowest BCUT2D eigenvalue weighted by atomic mass is 10.0. The number of rotatable bonds is 5. The maximum Gasteiger partial charge on any atom is 0.251 e. The highest BCUT2D eigenvalue weighted by Crippen LogP contribution is 2.39. The van der Waals surface area contributed by atoms with Crippen molar-refractivity contribution >= 4 is 17.5 Å². The number of fused-ring (bicyclic) bond motifs is 1. The Labute approximate surface area is 183 Å². The molecule has 2 aromatic carbocycles. The highest BCUT2D eigenvalue weighted by atomic mass is 16.5. The summed E-state index contributed by atoms with van der Waals surface area (Å²) in [6.45, 7) is 1.32. The van der Waals surface area contributed by atoms with Gasteiger partial charge in [0.1, 0.15) is 11.5 Å². The van der Waals surface area contributed by atoms with Crippen LogP contribution < -0.4 is 14.4 Å². The third-order valence-electron chi connectivity index (χ3n) is 6.08. The van der Waals surface area contributed by atoms with Crippen LogP contribution in [0.15, 0.2) is 54.6 Å². The first-order valence-electron chi connectivity index (χ1n) is 10.7. The first kappa shape index (κ1) is 21.0. The predicted octanol–water partition coefficient (Wildman–Crippen LogP) is 3.90. The van der Waals surface area contributed by atoms with Crippen LogP contribution in [0.3, 0.4) is 0 Å². The molecule has 1 fully saturated rings. The van der Waals surface area contributed by atoms with E-state index in [1.54, 1.807) is 19.1 Å². The van der Waals surface area contributed by atoms with Gasteiger partial charge in [0.25, 0.3) is 5.91 Å². The van der Waals surface area contributed by atoms with Gasteiger partial charge in [0, 0.05) is 36.5 Å². The highest BCUT2D eigenvalue weighted by molar-refractivity contribution is 6.05. The highest BCUT2D eigenvalue weighted by Gasteiger charge is 2.31. The lowest BCUT2D eigenvalue weighted by Crippen LogP contribution is -2.35. The number of ether oxygens (including phenoxy) is 2. The van der Waals surface area contributed by atoms with Gasteiger partial charge in [-0.3, -0.25) is 9.59 Å². The van der Waals surface area contributed by atoms with Crippen LogP contribution in [0.4, 0.5) is 5.69 Å². The van der Waals surface area contributed by atoms with E-state index >= 15 is 0 Å². The van der Waals surface area contributed by atoms with Crippen LogP contribution in [-0.2, 0) is 16.0 Å². The average molecular weight is 421 g/mol. The van der Waals surface area contributed by atoms with Crippen LogP contribution in [0, 0.1) is 0 Å². The quantitative estimate of drug-likeness (QED) is 0.689. The Kier molecular flexibility index (Phi) is 6.26. The Hall–Kier alpha value is -3.28. The normalized spacial score (nSPS) is 18.2. The van der Waals surface area contributed by atoms with E-state index in [2.05, 4.69) is 6.07 Å². The molecule has 1 saturated heterocycles. The van der Waals surface area contributed by atoms with E-state index in [-0.39, 0.29) is 17.9 Å². The number of carbonyl (C=O) groups is 2. The van der Waals surface area contributed by atoms with Crippen LogP contribution in [0.1, 0.15) is 36.4 Å². The second-order valence-corrected chi connectivity index (χ2v) is 7.85. The summed E-state index contributed by atoms with van der Waals surface area (Å²) in [4.78, 5) is 29.4. The zero-order valence-electron chi connectivity index (χ0n) is 18.0. The van der Waals surface area contributed by atoms with Gasteiger partial charge in [0.2, 0.25) is 5.91 Å². The van der Waals surface area contributed by atoms with E-state index in [1.165, 1.54) is 17.7 Å². The molecule has 0 saturated carbocycles. The molecule has 6 nitrogen and oxygen atoms in total. The number of amides is 2. The molecule has 162 valence electrons. The maximum atomic E-state index is 13.0. The summed E-state index contributed by atoms with van der Waals surface area (Å²) in [7, 11) is 3.25. The largest absolute Gasteiger partial charge is 0.497 e. The summed E-state index contributed by atoms with van der Waals surface area (Å²) in [6, 6.07) is 13.5. The molecule has 0 N–H and O–H groups in total. The van der Waals surface area contributed by atoms with Gasteiger partial charge in [-0.15, -0.1) is 0 Å². The monoisotopic (exact) mass is 420 g/mol. The van der Waals surface area contributed by atoms with Gasteiger partial charge in [0.05, 0.1) is 20.3 Å². The lowest BCUT2D eigenvalue weighted by Gasteiger charge is -2.28. The molecular weight excluding hydrogens is 392 g/mol. The van der Waals surface area contributed by atoms with Gasteiger partial charge in [-0.1, -0.05) is 18.2 Å². The zero-order chi connectivity index (χ0) is 21.8. The topological polar surface area (TPSA) is 59.1 Å². The molecule has 0 spiro atoms. The molecule has 0 radical (unpaired) electrons. The summed E-state index contributed by atoms with van der Waals surface area (Å²) >= 11 is 0. The Morgan fingerprint density at radius 3 is 2.58 bits per heavy atom. The molecule has 6 heteroatoms. The number of methoxy groups -OCH3 is 2. The number of benzene rings is 2. The van der Waals surface area contributed by atoms with Crippen LogP contribution >= 0.6 is 0 Å². The van der Waals surface area contributed by atoms with Crippen LogP contribution in [0.2, 0.25) is 0 Å². The number of aryl methyl sites for hydroxylation is 1. The number of nitrogens with zero attached hydrogens (tertiary/aromatic N) is 2. The average Bonchev–Trinajstić information content (AvgIpc) is 3.31. The second kappa shape index (κ2) is 9.25. The van der Waals surface area contributed by atoms with Crippen molar-refractivity contribution in [3.8, 4) is 11.5 Å². The summed E-state index contributed by atoms with van der Waals surface area (Å²) < 4.78 is 10.9. The number of hydrogen-bond donors (Lipinski definition) is 0. The van der Waals surface area contributed by atoms with E-state index < -0.39 is 0 Å². The molecular formula is C25H28N2O4.